The Balaban J connectivity index is 2.69. The van der Waals surface area contributed by atoms with Gasteiger partial charge in [0.05, 0.1) is 17.5 Å². The molecule has 2 heterocycles. The van der Waals surface area contributed by atoms with E-state index in [1.807, 2.05) is 25.8 Å². The molecule has 0 aliphatic heterocycles. The van der Waals surface area contributed by atoms with E-state index in [-0.39, 0.29) is 11.5 Å². The normalized spacial score (nSPS) is 11.8. The standard InChI is InChI=1S/C13H17N3O3S/c1-7-8-10(16(4)13(2,3)5-17)14-6-15-11(8)20-9(7)12(18)19/h6,17H,5H2,1-4H3,(H,18,19). The third-order valence-corrected chi connectivity index (χ3v) is 4.70. The molecule has 0 aromatic carbocycles. The largest absolute Gasteiger partial charge is 0.477 e. The first-order chi connectivity index (χ1) is 9.29. The van der Waals surface area contributed by atoms with Crippen molar-refractivity contribution in [2.45, 2.75) is 26.3 Å². The number of carboxylic acid groups (broad SMARTS) is 1. The molecule has 20 heavy (non-hydrogen) atoms. The minimum absolute atomic E-state index is 0.0377. The Morgan fingerprint density at radius 3 is 2.65 bits per heavy atom. The zero-order valence-corrected chi connectivity index (χ0v) is 12.7. The van der Waals surface area contributed by atoms with Crippen LogP contribution in [0.1, 0.15) is 29.1 Å². The molecule has 0 aliphatic carbocycles. The van der Waals surface area contributed by atoms with Crippen molar-refractivity contribution in [1.82, 2.24) is 9.97 Å². The van der Waals surface area contributed by atoms with E-state index < -0.39 is 11.5 Å². The summed E-state index contributed by atoms with van der Waals surface area (Å²) < 4.78 is 0. The highest BCUT2D eigenvalue weighted by atomic mass is 32.1. The summed E-state index contributed by atoms with van der Waals surface area (Å²) in [4.78, 5) is 22.4. The summed E-state index contributed by atoms with van der Waals surface area (Å²) in [5, 5.41) is 19.4. The average Bonchev–Trinajstić information content (AvgIpc) is 2.75. The van der Waals surface area contributed by atoms with E-state index in [1.54, 1.807) is 6.92 Å². The average molecular weight is 295 g/mol. The lowest BCUT2D eigenvalue weighted by Gasteiger charge is -2.35. The molecule has 6 nitrogen and oxygen atoms in total. The highest BCUT2D eigenvalue weighted by molar-refractivity contribution is 7.20. The molecule has 0 spiro atoms. The van der Waals surface area contributed by atoms with Crippen molar-refractivity contribution in [2.75, 3.05) is 18.6 Å². The molecule has 2 rings (SSSR count). The number of fused-ring (bicyclic) bond motifs is 1. The number of aliphatic hydroxyl groups excluding tert-OH is 1. The van der Waals surface area contributed by atoms with Crippen LogP contribution in [0.4, 0.5) is 5.82 Å². The summed E-state index contributed by atoms with van der Waals surface area (Å²) in [5.41, 5.74) is 0.160. The van der Waals surface area contributed by atoms with Crippen LogP contribution in [0.5, 0.6) is 0 Å². The van der Waals surface area contributed by atoms with Crippen LogP contribution in [-0.2, 0) is 0 Å². The maximum Gasteiger partial charge on any atom is 0.346 e. The molecule has 2 N–H and O–H groups in total. The van der Waals surface area contributed by atoms with Gasteiger partial charge in [0.15, 0.2) is 0 Å². The first kappa shape index (κ1) is 14.7. The number of aromatic nitrogens is 2. The Kier molecular flexibility index (Phi) is 3.66. The fourth-order valence-corrected chi connectivity index (χ4v) is 2.89. The van der Waals surface area contributed by atoms with Crippen molar-refractivity contribution in [3.63, 3.8) is 0 Å². The molecule has 0 radical (unpaired) electrons. The predicted octanol–water partition coefficient (Wildman–Crippen LogP) is 1.91. The second kappa shape index (κ2) is 4.99. The number of carboxylic acids is 1. The van der Waals surface area contributed by atoms with E-state index >= 15 is 0 Å². The summed E-state index contributed by atoms with van der Waals surface area (Å²) in [5.74, 6) is -0.323. The van der Waals surface area contributed by atoms with Crippen LogP contribution in [0.15, 0.2) is 6.33 Å². The molecule has 2 aromatic heterocycles. The van der Waals surface area contributed by atoms with Gasteiger partial charge in [0.25, 0.3) is 0 Å². The number of carbonyl (C=O) groups is 1. The van der Waals surface area contributed by atoms with Crippen LogP contribution in [0, 0.1) is 6.92 Å². The molecule has 0 atom stereocenters. The second-order valence-electron chi connectivity index (χ2n) is 5.27. The summed E-state index contributed by atoms with van der Waals surface area (Å²) in [7, 11) is 1.83. The monoisotopic (exact) mass is 295 g/mol. The van der Waals surface area contributed by atoms with Crippen molar-refractivity contribution < 1.29 is 15.0 Å². The molecule has 0 bridgehead atoms. The molecule has 0 saturated heterocycles. The minimum Gasteiger partial charge on any atom is -0.477 e. The highest BCUT2D eigenvalue weighted by Gasteiger charge is 2.27. The number of aliphatic hydroxyl groups is 1. The molecule has 7 heteroatoms. The van der Waals surface area contributed by atoms with Gasteiger partial charge in [-0.15, -0.1) is 11.3 Å². The Hall–Kier alpha value is -1.73. The number of aromatic carboxylic acids is 1. The van der Waals surface area contributed by atoms with Crippen molar-refractivity contribution >= 4 is 33.3 Å². The lowest BCUT2D eigenvalue weighted by atomic mass is 10.0. The van der Waals surface area contributed by atoms with Gasteiger partial charge in [-0.1, -0.05) is 0 Å². The van der Waals surface area contributed by atoms with Gasteiger partial charge in [0.1, 0.15) is 21.9 Å². The first-order valence-corrected chi connectivity index (χ1v) is 6.93. The number of likely N-dealkylation sites (N-methyl/N-ethyl adjacent to an activating group) is 1. The SMILES string of the molecule is Cc1c(C(=O)O)sc2ncnc(N(C)C(C)(C)CO)c12. The van der Waals surface area contributed by atoms with E-state index in [9.17, 15) is 15.0 Å². The van der Waals surface area contributed by atoms with E-state index in [0.717, 1.165) is 16.7 Å². The first-order valence-electron chi connectivity index (χ1n) is 6.11. The fourth-order valence-electron chi connectivity index (χ4n) is 1.90. The predicted molar refractivity (Wildman–Crippen MR) is 78.7 cm³/mol. The van der Waals surface area contributed by atoms with Crippen LogP contribution in [0.3, 0.4) is 0 Å². The summed E-state index contributed by atoms with van der Waals surface area (Å²) in [6.07, 6.45) is 1.42. The van der Waals surface area contributed by atoms with Gasteiger partial charge in [-0.25, -0.2) is 14.8 Å². The van der Waals surface area contributed by atoms with E-state index in [1.165, 1.54) is 6.33 Å². The van der Waals surface area contributed by atoms with Gasteiger partial charge in [-0.05, 0) is 26.3 Å². The van der Waals surface area contributed by atoms with Crippen LogP contribution < -0.4 is 4.90 Å². The van der Waals surface area contributed by atoms with E-state index in [4.69, 9.17) is 0 Å². The highest BCUT2D eigenvalue weighted by Crippen LogP contribution is 2.36. The molecule has 0 unspecified atom stereocenters. The van der Waals surface area contributed by atoms with Gasteiger partial charge in [0.2, 0.25) is 0 Å². The van der Waals surface area contributed by atoms with E-state index in [0.29, 0.717) is 16.2 Å². The third-order valence-electron chi connectivity index (χ3n) is 3.51. The number of nitrogens with zero attached hydrogens (tertiary/aromatic N) is 3. The Labute approximate surface area is 120 Å². The number of hydrogen-bond acceptors (Lipinski definition) is 6. The number of anilines is 1. The van der Waals surface area contributed by atoms with Crippen molar-refractivity contribution in [3.8, 4) is 0 Å². The van der Waals surface area contributed by atoms with Gasteiger partial charge < -0.3 is 15.1 Å². The number of thiophene rings is 1. The van der Waals surface area contributed by atoms with Crippen LogP contribution >= 0.6 is 11.3 Å². The van der Waals surface area contributed by atoms with Gasteiger partial charge in [-0.2, -0.15) is 0 Å². The van der Waals surface area contributed by atoms with Crippen molar-refractivity contribution in [3.05, 3.63) is 16.8 Å². The third kappa shape index (κ3) is 2.23. The van der Waals surface area contributed by atoms with Gasteiger partial charge >= 0.3 is 5.97 Å². The zero-order valence-electron chi connectivity index (χ0n) is 11.8. The topological polar surface area (TPSA) is 86.5 Å². The maximum absolute atomic E-state index is 11.2. The Bertz CT molecular complexity index is 666. The number of rotatable bonds is 4. The second-order valence-corrected chi connectivity index (χ2v) is 6.27. The molecular weight excluding hydrogens is 278 g/mol. The molecule has 0 saturated carbocycles. The molecule has 0 amide bonds. The molecule has 2 aromatic rings. The fraction of sp³-hybridized carbons (Fsp3) is 0.462. The number of aryl methyl sites for hydroxylation is 1. The lowest BCUT2D eigenvalue weighted by molar-refractivity contribution is 0.0701. The van der Waals surface area contributed by atoms with Crippen LogP contribution in [-0.4, -0.2) is 45.3 Å². The molecular formula is C13H17N3O3S. The molecule has 0 aliphatic rings. The zero-order chi connectivity index (χ0) is 15.1. The quantitative estimate of drug-likeness (QED) is 0.896. The lowest BCUT2D eigenvalue weighted by Crippen LogP contribution is -2.45. The summed E-state index contributed by atoms with van der Waals surface area (Å²) >= 11 is 1.14. The van der Waals surface area contributed by atoms with Crippen LogP contribution in [0.2, 0.25) is 0 Å². The Morgan fingerprint density at radius 2 is 2.10 bits per heavy atom. The van der Waals surface area contributed by atoms with Gasteiger partial charge in [0, 0.05) is 7.05 Å². The van der Waals surface area contributed by atoms with Crippen molar-refractivity contribution in [2.24, 2.45) is 0 Å². The smallest absolute Gasteiger partial charge is 0.346 e. The van der Waals surface area contributed by atoms with Gasteiger partial charge in [-0.3, -0.25) is 0 Å². The minimum atomic E-state index is -0.958. The molecule has 108 valence electrons. The number of hydrogen-bond donors (Lipinski definition) is 2. The maximum atomic E-state index is 11.2. The van der Waals surface area contributed by atoms with Crippen LogP contribution in [0.25, 0.3) is 10.2 Å². The molecule has 0 fully saturated rings. The van der Waals surface area contributed by atoms with Crippen molar-refractivity contribution in [1.29, 1.82) is 0 Å². The Morgan fingerprint density at radius 1 is 1.45 bits per heavy atom. The van der Waals surface area contributed by atoms with E-state index in [2.05, 4.69) is 9.97 Å². The summed E-state index contributed by atoms with van der Waals surface area (Å²) in [6, 6.07) is 0. The summed E-state index contributed by atoms with van der Waals surface area (Å²) in [6.45, 7) is 5.50.